The Balaban J connectivity index is 2.82. The quantitative estimate of drug-likeness (QED) is 0.537. The van der Waals surface area contributed by atoms with E-state index in [4.69, 9.17) is 5.41 Å². The highest BCUT2D eigenvalue weighted by molar-refractivity contribution is 5.97. The van der Waals surface area contributed by atoms with E-state index in [0.717, 1.165) is 22.3 Å². The minimum atomic E-state index is -1.04. The number of hydrogen-bond acceptors (Lipinski definition) is 1. The number of halogens is 3. The molecule has 1 N–H and O–H groups in total. The van der Waals surface area contributed by atoms with E-state index >= 15 is 4.39 Å². The van der Waals surface area contributed by atoms with Crippen molar-refractivity contribution in [2.24, 2.45) is 0 Å². The van der Waals surface area contributed by atoms with Crippen LogP contribution < -0.4 is 0 Å². The van der Waals surface area contributed by atoms with Gasteiger partial charge in [-0.3, -0.25) is 5.41 Å². The predicted octanol–water partition coefficient (Wildman–Crippen LogP) is 5.72. The average Bonchev–Trinajstić information content (AvgIpc) is 2.71. The summed E-state index contributed by atoms with van der Waals surface area (Å²) in [5.74, 6) is -3.20. The normalized spacial score (nSPS) is 16.5. The molecule has 0 amide bonds. The van der Waals surface area contributed by atoms with Gasteiger partial charge in [-0.05, 0) is 59.6 Å². The lowest BCUT2D eigenvalue weighted by Crippen LogP contribution is -2.34. The Labute approximate surface area is 153 Å². The van der Waals surface area contributed by atoms with E-state index in [1.807, 2.05) is 41.5 Å². The molecule has 0 saturated carbocycles. The SMILES string of the molecule is CCN(CC)C(=N)c1c(F)cc(F)c(C2(C)C(C)=C(C)C(C)=C2C)c1F. The maximum Gasteiger partial charge on any atom is 0.144 e. The topological polar surface area (TPSA) is 27.1 Å². The summed E-state index contributed by atoms with van der Waals surface area (Å²) in [7, 11) is 0. The van der Waals surface area contributed by atoms with Gasteiger partial charge in [-0.2, -0.15) is 0 Å². The lowest BCUT2D eigenvalue weighted by Gasteiger charge is -2.32. The van der Waals surface area contributed by atoms with Gasteiger partial charge in [0.15, 0.2) is 0 Å². The van der Waals surface area contributed by atoms with Crippen molar-refractivity contribution in [3.05, 3.63) is 56.9 Å². The average molecular weight is 364 g/mol. The molecule has 0 heterocycles. The third kappa shape index (κ3) is 2.68. The van der Waals surface area contributed by atoms with Crippen molar-refractivity contribution in [1.29, 1.82) is 5.41 Å². The highest BCUT2D eigenvalue weighted by atomic mass is 19.1. The fourth-order valence-corrected chi connectivity index (χ4v) is 3.93. The van der Waals surface area contributed by atoms with Gasteiger partial charge < -0.3 is 4.90 Å². The molecule has 0 radical (unpaired) electrons. The Morgan fingerprint density at radius 1 is 0.962 bits per heavy atom. The number of hydrogen-bond donors (Lipinski definition) is 1. The van der Waals surface area contributed by atoms with Gasteiger partial charge in [0.1, 0.15) is 23.3 Å². The summed E-state index contributed by atoms with van der Waals surface area (Å²) in [5.41, 5.74) is 2.04. The van der Waals surface area contributed by atoms with Gasteiger partial charge in [0.05, 0.1) is 5.56 Å². The van der Waals surface area contributed by atoms with Crippen LogP contribution in [0.1, 0.15) is 59.6 Å². The zero-order valence-corrected chi connectivity index (χ0v) is 16.6. The van der Waals surface area contributed by atoms with Gasteiger partial charge in [0.2, 0.25) is 0 Å². The van der Waals surface area contributed by atoms with E-state index in [-0.39, 0.29) is 11.4 Å². The number of nitrogens with one attached hydrogen (secondary N) is 1. The molecule has 2 rings (SSSR count). The predicted molar refractivity (Wildman–Crippen MR) is 100 cm³/mol. The molecule has 0 aliphatic heterocycles. The molecule has 1 aliphatic rings. The first-order chi connectivity index (χ1) is 12.0. The van der Waals surface area contributed by atoms with Crippen LogP contribution in [0.2, 0.25) is 0 Å². The van der Waals surface area contributed by atoms with Crippen LogP contribution in [0.3, 0.4) is 0 Å². The van der Waals surface area contributed by atoms with Gasteiger partial charge in [-0.15, -0.1) is 0 Å². The van der Waals surface area contributed by atoms with E-state index in [1.54, 1.807) is 11.8 Å². The Morgan fingerprint density at radius 3 is 1.85 bits per heavy atom. The largest absolute Gasteiger partial charge is 0.357 e. The standard InChI is InChI=1S/C21H27F3N2/c1-8-26(9-2)20(25)17-15(22)10-16(23)18(19(17)24)21(7)13(5)11(3)12(4)14(21)6/h10,25H,8-9H2,1-7H3. The molecule has 0 spiro atoms. The molecule has 1 aromatic rings. The second-order valence-corrected chi connectivity index (χ2v) is 7.05. The molecule has 1 aliphatic carbocycles. The van der Waals surface area contributed by atoms with E-state index in [2.05, 4.69) is 0 Å². The fourth-order valence-electron chi connectivity index (χ4n) is 3.93. The first kappa shape index (κ1) is 20.3. The van der Waals surface area contributed by atoms with Crippen molar-refractivity contribution in [1.82, 2.24) is 4.90 Å². The minimum absolute atomic E-state index is 0.183. The smallest absolute Gasteiger partial charge is 0.144 e. The molecular weight excluding hydrogens is 337 g/mol. The second-order valence-electron chi connectivity index (χ2n) is 7.05. The van der Waals surface area contributed by atoms with E-state index in [9.17, 15) is 8.78 Å². The molecule has 0 aromatic heterocycles. The van der Waals surface area contributed by atoms with Gasteiger partial charge >= 0.3 is 0 Å². The van der Waals surface area contributed by atoms with Gasteiger partial charge in [0.25, 0.3) is 0 Å². The monoisotopic (exact) mass is 364 g/mol. The Hall–Kier alpha value is -2.04. The first-order valence-electron chi connectivity index (χ1n) is 8.91. The van der Waals surface area contributed by atoms with Crippen molar-refractivity contribution < 1.29 is 13.2 Å². The molecule has 5 heteroatoms. The van der Waals surface area contributed by atoms with Gasteiger partial charge in [-0.1, -0.05) is 11.1 Å². The summed E-state index contributed by atoms with van der Waals surface area (Å²) in [4.78, 5) is 1.54. The summed E-state index contributed by atoms with van der Waals surface area (Å²) in [6, 6.07) is 0.709. The second kappa shape index (κ2) is 6.93. The lowest BCUT2D eigenvalue weighted by molar-refractivity contribution is 0.447. The Kier molecular flexibility index (Phi) is 5.41. The molecule has 0 atom stereocenters. The van der Waals surface area contributed by atoms with Crippen LogP contribution in [0, 0.1) is 22.9 Å². The molecule has 0 saturated heterocycles. The van der Waals surface area contributed by atoms with Crippen LogP contribution in [-0.4, -0.2) is 23.8 Å². The van der Waals surface area contributed by atoms with Crippen molar-refractivity contribution in [3.63, 3.8) is 0 Å². The molecule has 0 fully saturated rings. The van der Waals surface area contributed by atoms with Gasteiger partial charge in [-0.25, -0.2) is 13.2 Å². The summed E-state index contributed by atoms with van der Waals surface area (Å²) in [6.45, 7) is 13.8. The fraction of sp³-hybridized carbons (Fsp3) is 0.476. The number of amidine groups is 1. The van der Waals surface area contributed by atoms with Crippen LogP contribution in [0.5, 0.6) is 0 Å². The molecule has 26 heavy (non-hydrogen) atoms. The van der Waals surface area contributed by atoms with Crippen LogP contribution in [0.25, 0.3) is 0 Å². The maximum absolute atomic E-state index is 15.5. The third-order valence-electron chi connectivity index (χ3n) is 6.17. The van der Waals surface area contributed by atoms with Crippen molar-refractivity contribution in [2.75, 3.05) is 13.1 Å². The lowest BCUT2D eigenvalue weighted by atomic mass is 9.72. The molecule has 0 unspecified atom stereocenters. The van der Waals surface area contributed by atoms with Crippen molar-refractivity contribution in [3.8, 4) is 0 Å². The molecule has 1 aromatic carbocycles. The third-order valence-corrected chi connectivity index (χ3v) is 6.17. The summed E-state index contributed by atoms with van der Waals surface area (Å²) < 4.78 is 44.8. The number of allylic oxidation sites excluding steroid dienone is 4. The number of benzene rings is 1. The Bertz CT molecular complexity index is 806. The number of nitrogens with zero attached hydrogens (tertiary/aromatic N) is 1. The van der Waals surface area contributed by atoms with Crippen LogP contribution in [-0.2, 0) is 5.41 Å². The van der Waals surface area contributed by atoms with Crippen molar-refractivity contribution in [2.45, 2.75) is 53.9 Å². The van der Waals surface area contributed by atoms with Crippen LogP contribution in [0.4, 0.5) is 13.2 Å². The van der Waals surface area contributed by atoms with E-state index < -0.39 is 28.4 Å². The molecule has 0 bridgehead atoms. The van der Waals surface area contributed by atoms with Gasteiger partial charge in [0, 0.05) is 30.1 Å². The maximum atomic E-state index is 15.5. The highest BCUT2D eigenvalue weighted by Gasteiger charge is 2.43. The number of rotatable bonds is 4. The first-order valence-corrected chi connectivity index (χ1v) is 8.91. The summed E-state index contributed by atoms with van der Waals surface area (Å²) in [6.07, 6.45) is 0. The molecule has 2 nitrogen and oxygen atoms in total. The molecular formula is C21H27F3N2. The zero-order chi connectivity index (χ0) is 20.0. The summed E-state index contributed by atoms with van der Waals surface area (Å²) >= 11 is 0. The van der Waals surface area contributed by atoms with E-state index in [1.165, 1.54) is 0 Å². The van der Waals surface area contributed by atoms with E-state index in [0.29, 0.717) is 19.2 Å². The van der Waals surface area contributed by atoms with Crippen LogP contribution in [0.15, 0.2) is 28.4 Å². The summed E-state index contributed by atoms with van der Waals surface area (Å²) in [5, 5.41) is 8.25. The van der Waals surface area contributed by atoms with Crippen LogP contribution >= 0.6 is 0 Å². The zero-order valence-electron chi connectivity index (χ0n) is 16.6. The Morgan fingerprint density at radius 2 is 1.42 bits per heavy atom. The molecule has 142 valence electrons. The minimum Gasteiger partial charge on any atom is -0.357 e. The highest BCUT2D eigenvalue weighted by Crippen LogP contribution is 2.50. The van der Waals surface area contributed by atoms with Crippen molar-refractivity contribution >= 4 is 5.84 Å².